The first-order valence-electron chi connectivity index (χ1n) is 11.5. The van der Waals surface area contributed by atoms with E-state index in [1.54, 1.807) is 13.8 Å². The summed E-state index contributed by atoms with van der Waals surface area (Å²) in [5.74, 6) is 0.677. The number of Topliss-reactive ketones (excluding diaryl/α,β-unsaturated/α-hetero) is 2. The Morgan fingerprint density at radius 1 is 0.423 bits per heavy atom. The average molecular weight is 369 g/mol. The van der Waals surface area contributed by atoms with Gasteiger partial charge in [0.15, 0.2) is 0 Å². The van der Waals surface area contributed by atoms with E-state index in [0.717, 1.165) is 25.7 Å². The maximum atomic E-state index is 10.7. The Labute approximate surface area is 164 Å². The van der Waals surface area contributed by atoms with Gasteiger partial charge in [-0.05, 0) is 26.7 Å². The average Bonchev–Trinajstić information content (AvgIpc) is 2.59. The zero-order valence-corrected chi connectivity index (χ0v) is 18.5. The van der Waals surface area contributed by atoms with Crippen LogP contribution in [0.2, 0.25) is 0 Å². The van der Waals surface area contributed by atoms with Crippen molar-refractivity contribution in [1.82, 2.24) is 0 Å². The molecule has 0 atom stereocenters. The number of hydrogen-bond donors (Lipinski definition) is 0. The molecule has 0 fully saturated rings. The van der Waals surface area contributed by atoms with Crippen molar-refractivity contribution >= 4 is 11.6 Å². The van der Waals surface area contributed by atoms with E-state index >= 15 is 0 Å². The molecule has 2 heteroatoms. The van der Waals surface area contributed by atoms with Crippen LogP contribution < -0.4 is 0 Å². The number of hydrogen-bond acceptors (Lipinski definition) is 2. The summed E-state index contributed by atoms with van der Waals surface area (Å²) in [5.41, 5.74) is 0. The summed E-state index contributed by atoms with van der Waals surface area (Å²) < 4.78 is 0. The van der Waals surface area contributed by atoms with Gasteiger partial charge in [0, 0.05) is 12.8 Å². The van der Waals surface area contributed by atoms with Crippen LogP contribution in [-0.2, 0) is 9.59 Å². The van der Waals surface area contributed by atoms with Gasteiger partial charge in [-0.15, -0.1) is 0 Å². The van der Waals surface area contributed by atoms with Gasteiger partial charge in [0.2, 0.25) is 0 Å². The van der Waals surface area contributed by atoms with E-state index in [9.17, 15) is 9.59 Å². The zero-order chi connectivity index (χ0) is 19.9. The fraction of sp³-hybridized carbons (Fsp3) is 0.917. The van der Waals surface area contributed by atoms with Gasteiger partial charge >= 0.3 is 0 Å². The lowest BCUT2D eigenvalue weighted by molar-refractivity contribution is -0.117. The van der Waals surface area contributed by atoms with Crippen molar-refractivity contribution in [3.8, 4) is 0 Å². The van der Waals surface area contributed by atoms with Crippen molar-refractivity contribution in [2.45, 2.75) is 143 Å². The van der Waals surface area contributed by atoms with Gasteiger partial charge in [-0.2, -0.15) is 0 Å². The van der Waals surface area contributed by atoms with Gasteiger partial charge in [-0.3, -0.25) is 0 Å². The molecule has 0 aliphatic carbocycles. The molecule has 0 aliphatic rings. The molecule has 0 saturated carbocycles. The molecule has 0 bridgehead atoms. The Bertz CT molecular complexity index is 297. The van der Waals surface area contributed by atoms with Gasteiger partial charge in [-0.25, -0.2) is 0 Å². The predicted octanol–water partition coefficient (Wildman–Crippen LogP) is 8.21. The molecule has 0 radical (unpaired) electrons. The van der Waals surface area contributed by atoms with E-state index in [0.29, 0.717) is 11.6 Å². The quantitative estimate of drug-likeness (QED) is 0.228. The largest absolute Gasteiger partial charge is 0.300 e. The minimum Gasteiger partial charge on any atom is -0.300 e. The van der Waals surface area contributed by atoms with Gasteiger partial charge < -0.3 is 9.59 Å². The molecule has 0 N–H and O–H groups in total. The predicted molar refractivity (Wildman–Crippen MR) is 116 cm³/mol. The van der Waals surface area contributed by atoms with E-state index in [1.807, 2.05) is 0 Å². The molecule has 0 heterocycles. The van der Waals surface area contributed by atoms with Crippen molar-refractivity contribution in [3.63, 3.8) is 0 Å². The van der Waals surface area contributed by atoms with Gasteiger partial charge in [0.1, 0.15) is 11.6 Å². The topological polar surface area (TPSA) is 34.1 Å². The van der Waals surface area contributed by atoms with Gasteiger partial charge in [0.05, 0.1) is 0 Å². The summed E-state index contributed by atoms with van der Waals surface area (Å²) in [7, 11) is 0. The summed E-state index contributed by atoms with van der Waals surface area (Å²) >= 11 is 0. The second-order valence-corrected chi connectivity index (χ2v) is 7.85. The molecule has 0 spiro atoms. The third-order valence-electron chi connectivity index (χ3n) is 4.76. The Morgan fingerprint density at radius 3 is 0.885 bits per heavy atom. The highest BCUT2D eigenvalue weighted by molar-refractivity contribution is 5.75. The number of unbranched alkanes of at least 4 members (excludes halogenated alkanes) is 14. The number of carbonyl (C=O) groups excluding carboxylic acids is 2. The summed E-state index contributed by atoms with van der Waals surface area (Å²) in [6.07, 6.45) is 22.6. The third kappa shape index (κ3) is 31.1. The normalized spacial score (nSPS) is 10.3. The highest BCUT2D eigenvalue weighted by Gasteiger charge is 1.95. The summed E-state index contributed by atoms with van der Waals surface area (Å²) in [6.45, 7) is 7.85. The fourth-order valence-corrected chi connectivity index (χ4v) is 3.02. The molecule has 26 heavy (non-hydrogen) atoms. The first-order valence-corrected chi connectivity index (χ1v) is 11.5. The first-order chi connectivity index (χ1) is 12.5. The smallest absolute Gasteiger partial charge is 0.129 e. The Balaban J connectivity index is 0. The Kier molecular flexibility index (Phi) is 25.8. The van der Waals surface area contributed by atoms with Crippen molar-refractivity contribution in [2.24, 2.45) is 0 Å². The molecule has 156 valence electrons. The minimum atomic E-state index is 0.337. The second kappa shape index (κ2) is 24.3. The van der Waals surface area contributed by atoms with Crippen molar-refractivity contribution < 1.29 is 9.59 Å². The van der Waals surface area contributed by atoms with Crippen LogP contribution in [0, 0.1) is 0 Å². The maximum Gasteiger partial charge on any atom is 0.129 e. The monoisotopic (exact) mass is 368 g/mol. The zero-order valence-electron chi connectivity index (χ0n) is 18.5. The number of ketones is 2. The summed E-state index contributed by atoms with van der Waals surface area (Å²) in [6, 6.07) is 0. The standard InChI is InChI=1S/C13H26O.C11H22O/c1-3-4-5-6-7-8-9-10-11-12-13(2)14;1-3-4-5-6-7-8-9-10-11(2)12/h3-12H2,1-2H3;3-10H2,1-2H3. The fourth-order valence-electron chi connectivity index (χ4n) is 3.02. The minimum absolute atomic E-state index is 0.337. The Hall–Kier alpha value is -0.660. The molecule has 0 unspecified atom stereocenters. The van der Waals surface area contributed by atoms with Crippen molar-refractivity contribution in [1.29, 1.82) is 0 Å². The van der Waals surface area contributed by atoms with E-state index in [2.05, 4.69) is 13.8 Å². The van der Waals surface area contributed by atoms with Crippen LogP contribution in [0.15, 0.2) is 0 Å². The molecule has 0 amide bonds. The lowest BCUT2D eigenvalue weighted by Gasteiger charge is -2.00. The highest BCUT2D eigenvalue weighted by Crippen LogP contribution is 2.10. The maximum absolute atomic E-state index is 10.7. The van der Waals surface area contributed by atoms with Crippen LogP contribution in [-0.4, -0.2) is 11.6 Å². The Morgan fingerprint density at radius 2 is 0.654 bits per heavy atom. The van der Waals surface area contributed by atoms with Crippen LogP contribution in [0.5, 0.6) is 0 Å². The van der Waals surface area contributed by atoms with Crippen LogP contribution in [0.4, 0.5) is 0 Å². The molecule has 0 aromatic heterocycles. The molecule has 2 nitrogen and oxygen atoms in total. The van der Waals surface area contributed by atoms with E-state index in [4.69, 9.17) is 0 Å². The van der Waals surface area contributed by atoms with Crippen LogP contribution in [0.3, 0.4) is 0 Å². The van der Waals surface area contributed by atoms with E-state index in [-0.39, 0.29) is 0 Å². The number of rotatable bonds is 18. The second-order valence-electron chi connectivity index (χ2n) is 7.85. The van der Waals surface area contributed by atoms with Crippen LogP contribution in [0.1, 0.15) is 143 Å². The molecular formula is C24H48O2. The van der Waals surface area contributed by atoms with Crippen LogP contribution in [0.25, 0.3) is 0 Å². The van der Waals surface area contributed by atoms with Crippen molar-refractivity contribution in [2.75, 3.05) is 0 Å². The van der Waals surface area contributed by atoms with Crippen molar-refractivity contribution in [3.05, 3.63) is 0 Å². The van der Waals surface area contributed by atoms with Crippen LogP contribution >= 0.6 is 0 Å². The molecule has 0 aliphatic heterocycles. The summed E-state index contributed by atoms with van der Waals surface area (Å²) in [4.78, 5) is 21.2. The van der Waals surface area contributed by atoms with E-state index < -0.39 is 0 Å². The third-order valence-corrected chi connectivity index (χ3v) is 4.76. The van der Waals surface area contributed by atoms with E-state index in [1.165, 1.54) is 89.9 Å². The molecule has 0 rings (SSSR count). The molecule has 0 saturated heterocycles. The lowest BCUT2D eigenvalue weighted by Crippen LogP contribution is -1.89. The molecule has 0 aromatic rings. The molecule has 0 aromatic carbocycles. The van der Waals surface area contributed by atoms with Gasteiger partial charge in [0.25, 0.3) is 0 Å². The van der Waals surface area contributed by atoms with Gasteiger partial charge in [-0.1, -0.05) is 104 Å². The summed E-state index contributed by atoms with van der Waals surface area (Å²) in [5, 5.41) is 0. The lowest BCUT2D eigenvalue weighted by atomic mass is 10.1. The first kappa shape index (κ1) is 27.6. The SMILES string of the molecule is CCCCCCCCCC(C)=O.CCCCCCCCCCCC(C)=O. The number of carbonyl (C=O) groups is 2. The highest BCUT2D eigenvalue weighted by atomic mass is 16.1. The molecular weight excluding hydrogens is 320 g/mol.